The number of nitrogens with one attached hydrogen (secondary N) is 1. The Bertz CT molecular complexity index is 1240. The molecule has 0 aliphatic rings. The van der Waals surface area contributed by atoms with E-state index in [1.807, 2.05) is 62.6 Å². The number of benzene rings is 3. The maximum Gasteiger partial charge on any atom is 0.199 e. The first kappa shape index (κ1) is 20.8. The Balaban J connectivity index is 1.88. The number of hydrogen-bond donors (Lipinski definition) is 3. The number of fused-ring (bicyclic) bond motifs is 1. The minimum atomic E-state index is -0.375. The smallest absolute Gasteiger partial charge is 0.199 e. The van der Waals surface area contributed by atoms with E-state index in [2.05, 4.69) is 9.88 Å². The molecule has 4 N–H and O–H groups in total. The van der Waals surface area contributed by atoms with Gasteiger partial charge in [-0.1, -0.05) is 30.3 Å². The Kier molecular flexibility index (Phi) is 5.84. The van der Waals surface area contributed by atoms with Crippen molar-refractivity contribution in [1.82, 2.24) is 9.88 Å². The van der Waals surface area contributed by atoms with Crippen LogP contribution in [0.15, 0.2) is 71.7 Å². The van der Waals surface area contributed by atoms with Crippen molar-refractivity contribution in [2.24, 2.45) is 10.7 Å². The van der Waals surface area contributed by atoms with Crippen LogP contribution in [-0.4, -0.2) is 34.8 Å². The van der Waals surface area contributed by atoms with E-state index in [0.29, 0.717) is 28.7 Å². The highest BCUT2D eigenvalue weighted by atomic mass is 19.1. The summed E-state index contributed by atoms with van der Waals surface area (Å²) >= 11 is 0. The van der Waals surface area contributed by atoms with Crippen LogP contribution in [0.4, 0.5) is 10.1 Å². The molecule has 158 valence electrons. The molecule has 1 aromatic heterocycles. The van der Waals surface area contributed by atoms with E-state index in [1.54, 1.807) is 6.07 Å². The zero-order chi connectivity index (χ0) is 22.0. The SMILES string of the molecule is CN(C)Cc1ccc(N=C(c2cccc(CN)c2)c2c(O)[nH]c3cc(F)ccc23)cc1. The molecule has 1 heterocycles. The average Bonchev–Trinajstić information content (AvgIpc) is 3.07. The number of nitrogens with two attached hydrogens (primary N) is 1. The fraction of sp³-hybridized carbons (Fsp3) is 0.160. The lowest BCUT2D eigenvalue weighted by molar-refractivity contribution is 0.402. The molecular formula is C25H25FN4O. The van der Waals surface area contributed by atoms with E-state index in [0.717, 1.165) is 23.4 Å². The first-order chi connectivity index (χ1) is 14.9. The minimum Gasteiger partial charge on any atom is -0.494 e. The van der Waals surface area contributed by atoms with E-state index in [9.17, 15) is 9.50 Å². The highest BCUT2D eigenvalue weighted by molar-refractivity contribution is 6.21. The molecule has 0 radical (unpaired) electrons. The van der Waals surface area contributed by atoms with Gasteiger partial charge in [0, 0.05) is 24.0 Å². The first-order valence-electron chi connectivity index (χ1n) is 10.1. The van der Waals surface area contributed by atoms with Gasteiger partial charge in [0.15, 0.2) is 5.88 Å². The fourth-order valence-electron chi connectivity index (χ4n) is 3.68. The maximum atomic E-state index is 13.7. The number of H-pyrrole nitrogens is 1. The first-order valence-corrected chi connectivity index (χ1v) is 10.1. The van der Waals surface area contributed by atoms with Gasteiger partial charge in [-0.25, -0.2) is 9.38 Å². The molecule has 3 aromatic carbocycles. The summed E-state index contributed by atoms with van der Waals surface area (Å²) in [4.78, 5) is 9.86. The molecule has 0 saturated carbocycles. The van der Waals surface area contributed by atoms with Gasteiger partial charge in [-0.15, -0.1) is 0 Å². The summed E-state index contributed by atoms with van der Waals surface area (Å²) < 4.78 is 13.7. The number of aliphatic imine (C=N–C) groups is 1. The summed E-state index contributed by atoms with van der Waals surface area (Å²) in [5.41, 5.74) is 11.2. The monoisotopic (exact) mass is 416 g/mol. The molecule has 4 aromatic rings. The van der Waals surface area contributed by atoms with Crippen LogP contribution in [-0.2, 0) is 13.1 Å². The molecule has 0 spiro atoms. The van der Waals surface area contributed by atoms with Crippen molar-refractivity contribution in [1.29, 1.82) is 0 Å². The van der Waals surface area contributed by atoms with Crippen LogP contribution in [0, 0.1) is 5.82 Å². The molecule has 31 heavy (non-hydrogen) atoms. The summed E-state index contributed by atoms with van der Waals surface area (Å²) in [6, 6.07) is 20.1. The normalized spacial score (nSPS) is 12.1. The van der Waals surface area contributed by atoms with Gasteiger partial charge in [-0.2, -0.15) is 0 Å². The molecule has 0 aliphatic carbocycles. The molecule has 5 nitrogen and oxygen atoms in total. The van der Waals surface area contributed by atoms with Gasteiger partial charge in [0.2, 0.25) is 0 Å². The van der Waals surface area contributed by atoms with Gasteiger partial charge < -0.3 is 20.7 Å². The lowest BCUT2D eigenvalue weighted by Gasteiger charge is -2.11. The third-order valence-corrected chi connectivity index (χ3v) is 5.09. The highest BCUT2D eigenvalue weighted by Gasteiger charge is 2.19. The number of aromatic nitrogens is 1. The quantitative estimate of drug-likeness (QED) is 0.399. The van der Waals surface area contributed by atoms with Crippen molar-refractivity contribution >= 4 is 22.3 Å². The summed E-state index contributed by atoms with van der Waals surface area (Å²) in [6.07, 6.45) is 0. The summed E-state index contributed by atoms with van der Waals surface area (Å²) in [5, 5.41) is 11.4. The van der Waals surface area contributed by atoms with Crippen LogP contribution in [0.2, 0.25) is 0 Å². The number of rotatable bonds is 6. The Labute approximate surface area is 180 Å². The molecule has 0 bridgehead atoms. The van der Waals surface area contributed by atoms with Gasteiger partial charge in [-0.3, -0.25) is 0 Å². The van der Waals surface area contributed by atoms with Gasteiger partial charge in [0.1, 0.15) is 5.82 Å². The molecule has 0 aliphatic heterocycles. The lowest BCUT2D eigenvalue weighted by atomic mass is 9.99. The van der Waals surface area contributed by atoms with Gasteiger partial charge in [-0.05, 0) is 61.6 Å². The third-order valence-electron chi connectivity index (χ3n) is 5.09. The Morgan fingerprint density at radius 3 is 2.52 bits per heavy atom. The van der Waals surface area contributed by atoms with Gasteiger partial charge in [0.05, 0.1) is 22.5 Å². The predicted molar refractivity (Wildman–Crippen MR) is 123 cm³/mol. The van der Waals surface area contributed by atoms with Crippen molar-refractivity contribution in [2.45, 2.75) is 13.1 Å². The predicted octanol–water partition coefficient (Wildman–Crippen LogP) is 4.70. The standard InChI is InChI=1S/C25H25FN4O/c1-30(2)15-16-6-9-20(10-7-16)28-24(18-5-3-4-17(12-18)14-27)23-21-11-8-19(26)13-22(21)29-25(23)31/h3-13,29,31H,14-15,27H2,1-2H3. The lowest BCUT2D eigenvalue weighted by Crippen LogP contribution is -2.10. The summed E-state index contributed by atoms with van der Waals surface area (Å²) in [7, 11) is 4.05. The third kappa shape index (κ3) is 4.50. The van der Waals surface area contributed by atoms with Crippen LogP contribution in [0.25, 0.3) is 10.9 Å². The topological polar surface area (TPSA) is 77.6 Å². The van der Waals surface area contributed by atoms with Crippen LogP contribution in [0.3, 0.4) is 0 Å². The number of hydrogen-bond acceptors (Lipinski definition) is 4. The Hall–Kier alpha value is -3.48. The number of aromatic amines is 1. The minimum absolute atomic E-state index is 0.0540. The van der Waals surface area contributed by atoms with Crippen LogP contribution in [0.1, 0.15) is 22.3 Å². The van der Waals surface area contributed by atoms with Crippen LogP contribution in [0.5, 0.6) is 5.88 Å². The molecule has 0 fully saturated rings. The maximum absolute atomic E-state index is 13.7. The molecule has 0 saturated heterocycles. The van der Waals surface area contributed by atoms with Crippen LogP contribution < -0.4 is 5.73 Å². The van der Waals surface area contributed by atoms with Crippen molar-refractivity contribution in [3.05, 3.63) is 94.8 Å². The zero-order valence-electron chi connectivity index (χ0n) is 17.6. The number of nitrogens with zero attached hydrogens (tertiary/aromatic N) is 2. The van der Waals surface area contributed by atoms with Gasteiger partial charge in [0.25, 0.3) is 0 Å². The highest BCUT2D eigenvalue weighted by Crippen LogP contribution is 2.32. The molecule has 0 unspecified atom stereocenters. The molecule has 0 atom stereocenters. The van der Waals surface area contributed by atoms with Crippen molar-refractivity contribution < 1.29 is 9.50 Å². The molecular weight excluding hydrogens is 391 g/mol. The number of aromatic hydroxyl groups is 1. The molecule has 0 amide bonds. The van der Waals surface area contributed by atoms with Crippen molar-refractivity contribution in [3.8, 4) is 5.88 Å². The van der Waals surface area contributed by atoms with E-state index in [4.69, 9.17) is 10.7 Å². The fourth-order valence-corrected chi connectivity index (χ4v) is 3.68. The van der Waals surface area contributed by atoms with Gasteiger partial charge >= 0.3 is 0 Å². The van der Waals surface area contributed by atoms with E-state index in [1.165, 1.54) is 17.7 Å². The molecule has 6 heteroatoms. The second kappa shape index (κ2) is 8.71. The average molecular weight is 417 g/mol. The largest absolute Gasteiger partial charge is 0.494 e. The summed E-state index contributed by atoms with van der Waals surface area (Å²) in [6.45, 7) is 1.23. The van der Waals surface area contributed by atoms with E-state index in [-0.39, 0.29) is 11.7 Å². The summed E-state index contributed by atoms with van der Waals surface area (Å²) in [5.74, 6) is -0.429. The zero-order valence-corrected chi connectivity index (χ0v) is 17.6. The molecule has 4 rings (SSSR count). The second-order valence-corrected chi connectivity index (χ2v) is 7.81. The van der Waals surface area contributed by atoms with Crippen molar-refractivity contribution in [3.63, 3.8) is 0 Å². The van der Waals surface area contributed by atoms with Crippen LogP contribution >= 0.6 is 0 Å². The van der Waals surface area contributed by atoms with E-state index < -0.39 is 0 Å². The second-order valence-electron chi connectivity index (χ2n) is 7.81. The Morgan fingerprint density at radius 1 is 1.03 bits per heavy atom. The van der Waals surface area contributed by atoms with Crippen molar-refractivity contribution in [2.75, 3.05) is 14.1 Å². The van der Waals surface area contributed by atoms with E-state index >= 15 is 0 Å². The number of halogens is 1. The Morgan fingerprint density at radius 2 is 1.81 bits per heavy atom.